The van der Waals surface area contributed by atoms with Crippen LogP contribution in [0.4, 0.5) is 0 Å². The molecule has 4 nitrogen and oxygen atoms in total. The molecule has 0 N–H and O–H groups in total. The Hall–Kier alpha value is -2.40. The molecule has 0 aromatic heterocycles. The number of rotatable bonds is 9. The molecule has 2 aromatic carbocycles. The SMILES string of the molecule is C/C=C/COc1cc(C)c(SCOc2ccc(C=NOC)cc2)c(C)c1. The van der Waals surface area contributed by atoms with Gasteiger partial charge in [0.25, 0.3) is 0 Å². The molecule has 0 atom stereocenters. The van der Waals surface area contributed by atoms with Crippen LogP contribution in [0, 0.1) is 13.8 Å². The Balaban J connectivity index is 1.91. The third-order valence-electron chi connectivity index (χ3n) is 3.63. The van der Waals surface area contributed by atoms with Gasteiger partial charge in [0.05, 0.1) is 6.21 Å². The van der Waals surface area contributed by atoms with Crippen molar-refractivity contribution in [2.45, 2.75) is 25.7 Å². The number of aryl methyl sites for hydroxylation is 2. The van der Waals surface area contributed by atoms with Crippen molar-refractivity contribution in [1.29, 1.82) is 0 Å². The van der Waals surface area contributed by atoms with Gasteiger partial charge in [-0.25, -0.2) is 0 Å². The molecule has 0 saturated carbocycles. The Morgan fingerprint density at radius 2 is 1.69 bits per heavy atom. The van der Waals surface area contributed by atoms with Gasteiger partial charge >= 0.3 is 0 Å². The molecule has 0 saturated heterocycles. The first kappa shape index (κ1) is 19.9. The summed E-state index contributed by atoms with van der Waals surface area (Å²) in [5.74, 6) is 2.27. The Bertz CT molecular complexity index is 731. The normalized spacial score (nSPS) is 11.2. The smallest absolute Gasteiger partial charge is 0.138 e. The standard InChI is InChI=1S/C21H25NO3S/c1-5-6-11-24-20-12-16(2)21(17(3)13-20)26-15-25-19-9-7-18(8-10-19)14-22-23-4/h5-10,12-14H,11,15H2,1-4H3/b6-5+,22-14?. The molecule has 0 spiro atoms. The third-order valence-corrected chi connectivity index (χ3v) is 4.80. The van der Waals surface area contributed by atoms with Crippen molar-refractivity contribution in [2.75, 3.05) is 19.7 Å². The fourth-order valence-corrected chi connectivity index (χ4v) is 3.27. The quantitative estimate of drug-likeness (QED) is 0.195. The summed E-state index contributed by atoms with van der Waals surface area (Å²) in [4.78, 5) is 5.90. The Morgan fingerprint density at radius 3 is 2.31 bits per heavy atom. The van der Waals surface area contributed by atoms with Gasteiger partial charge in [0.15, 0.2) is 0 Å². The maximum atomic E-state index is 5.84. The Morgan fingerprint density at radius 1 is 1.00 bits per heavy atom. The maximum absolute atomic E-state index is 5.84. The van der Waals surface area contributed by atoms with E-state index in [9.17, 15) is 0 Å². The molecule has 0 bridgehead atoms. The summed E-state index contributed by atoms with van der Waals surface area (Å²) in [6.07, 6.45) is 5.64. The number of hydrogen-bond acceptors (Lipinski definition) is 5. The van der Waals surface area contributed by atoms with Crippen molar-refractivity contribution >= 4 is 18.0 Å². The van der Waals surface area contributed by atoms with Gasteiger partial charge < -0.3 is 14.3 Å². The molecule has 0 aliphatic rings. The van der Waals surface area contributed by atoms with Gasteiger partial charge in [-0.15, -0.1) is 0 Å². The maximum Gasteiger partial charge on any atom is 0.138 e. The highest BCUT2D eigenvalue weighted by molar-refractivity contribution is 7.99. The summed E-state index contributed by atoms with van der Waals surface area (Å²) in [6.45, 7) is 6.78. The lowest BCUT2D eigenvalue weighted by atomic mass is 10.1. The minimum absolute atomic E-state index is 0.548. The van der Waals surface area contributed by atoms with Crippen LogP contribution in [0.1, 0.15) is 23.6 Å². The van der Waals surface area contributed by atoms with E-state index in [-0.39, 0.29) is 0 Å². The lowest BCUT2D eigenvalue weighted by Gasteiger charge is -2.13. The number of nitrogens with zero attached hydrogens (tertiary/aromatic N) is 1. The van der Waals surface area contributed by atoms with E-state index in [2.05, 4.69) is 36.0 Å². The molecular formula is C21H25NO3S. The van der Waals surface area contributed by atoms with Crippen molar-refractivity contribution in [1.82, 2.24) is 0 Å². The summed E-state index contributed by atoms with van der Waals surface area (Å²) >= 11 is 1.69. The second kappa shape index (κ2) is 10.6. The van der Waals surface area contributed by atoms with Crippen LogP contribution >= 0.6 is 11.8 Å². The number of benzene rings is 2. The molecule has 0 aliphatic heterocycles. The van der Waals surface area contributed by atoms with E-state index in [4.69, 9.17) is 9.47 Å². The Kier molecular flexibility index (Phi) is 8.09. The lowest BCUT2D eigenvalue weighted by molar-refractivity contribution is 0.215. The van der Waals surface area contributed by atoms with Gasteiger partial charge in [-0.1, -0.05) is 29.1 Å². The number of hydrogen-bond donors (Lipinski definition) is 0. The molecule has 0 fully saturated rings. The van der Waals surface area contributed by atoms with Crippen molar-refractivity contribution in [2.24, 2.45) is 5.16 Å². The molecule has 0 aliphatic carbocycles. The molecule has 0 amide bonds. The summed E-state index contributed by atoms with van der Waals surface area (Å²) in [7, 11) is 1.52. The number of oxime groups is 1. The van der Waals surface area contributed by atoms with Crippen molar-refractivity contribution < 1.29 is 14.3 Å². The zero-order chi connectivity index (χ0) is 18.8. The van der Waals surface area contributed by atoms with Crippen molar-refractivity contribution in [3.63, 3.8) is 0 Å². The second-order valence-electron chi connectivity index (χ2n) is 5.66. The minimum atomic E-state index is 0.548. The molecule has 0 heterocycles. The van der Waals surface area contributed by atoms with Crippen LogP contribution in [0.25, 0.3) is 0 Å². The van der Waals surface area contributed by atoms with E-state index in [0.717, 1.165) is 17.1 Å². The molecule has 2 aromatic rings. The van der Waals surface area contributed by atoms with Gasteiger partial charge in [0.2, 0.25) is 0 Å². The predicted molar refractivity (Wildman–Crippen MR) is 109 cm³/mol. The van der Waals surface area contributed by atoms with Crippen LogP contribution < -0.4 is 9.47 Å². The average Bonchev–Trinajstić information content (AvgIpc) is 2.63. The molecule has 26 heavy (non-hydrogen) atoms. The summed E-state index contributed by atoms with van der Waals surface area (Å²) in [5.41, 5.74) is 3.35. The molecule has 0 unspecified atom stereocenters. The Labute approximate surface area is 159 Å². The second-order valence-corrected chi connectivity index (χ2v) is 6.59. The zero-order valence-electron chi connectivity index (χ0n) is 15.7. The van der Waals surface area contributed by atoms with Crippen LogP contribution in [0.2, 0.25) is 0 Å². The molecular weight excluding hydrogens is 346 g/mol. The first-order chi connectivity index (χ1) is 12.6. The van der Waals surface area contributed by atoms with Crippen molar-refractivity contribution in [3.8, 4) is 11.5 Å². The average molecular weight is 372 g/mol. The largest absolute Gasteiger partial charge is 0.490 e. The van der Waals surface area contributed by atoms with Crippen LogP contribution in [-0.4, -0.2) is 25.9 Å². The summed E-state index contributed by atoms with van der Waals surface area (Å²) in [6, 6.07) is 11.9. The third kappa shape index (κ3) is 6.15. The molecule has 0 radical (unpaired) electrons. The summed E-state index contributed by atoms with van der Waals surface area (Å²) in [5, 5.41) is 3.74. The van der Waals surface area contributed by atoms with E-state index < -0.39 is 0 Å². The first-order valence-electron chi connectivity index (χ1n) is 8.41. The zero-order valence-corrected chi connectivity index (χ0v) is 16.5. The number of allylic oxidation sites excluding steroid dienone is 1. The fraction of sp³-hybridized carbons (Fsp3) is 0.286. The van der Waals surface area contributed by atoms with E-state index in [1.54, 1.807) is 18.0 Å². The van der Waals surface area contributed by atoms with Gasteiger partial charge in [-0.3, -0.25) is 0 Å². The molecule has 5 heteroatoms. The molecule has 138 valence electrons. The van der Waals surface area contributed by atoms with Crippen LogP contribution in [-0.2, 0) is 4.84 Å². The lowest BCUT2D eigenvalue weighted by Crippen LogP contribution is -1.98. The van der Waals surface area contributed by atoms with Gasteiger partial charge in [0.1, 0.15) is 31.2 Å². The number of ether oxygens (including phenoxy) is 2. The summed E-state index contributed by atoms with van der Waals surface area (Å²) < 4.78 is 11.6. The van der Waals surface area contributed by atoms with E-state index >= 15 is 0 Å². The van der Waals surface area contributed by atoms with Gasteiger partial charge in [-0.05, 0) is 73.9 Å². The highest BCUT2D eigenvalue weighted by Gasteiger charge is 2.07. The monoisotopic (exact) mass is 371 g/mol. The minimum Gasteiger partial charge on any atom is -0.490 e. The van der Waals surface area contributed by atoms with Gasteiger partial charge in [0, 0.05) is 4.90 Å². The molecule has 2 rings (SSSR count). The topological polar surface area (TPSA) is 40.0 Å². The highest BCUT2D eigenvalue weighted by atomic mass is 32.2. The van der Waals surface area contributed by atoms with Crippen LogP contribution in [0.3, 0.4) is 0 Å². The van der Waals surface area contributed by atoms with E-state index in [1.165, 1.54) is 23.1 Å². The highest BCUT2D eigenvalue weighted by Crippen LogP contribution is 2.30. The van der Waals surface area contributed by atoms with Gasteiger partial charge in [-0.2, -0.15) is 0 Å². The van der Waals surface area contributed by atoms with Crippen LogP contribution in [0.15, 0.2) is 58.6 Å². The number of thioether (sulfide) groups is 1. The van der Waals surface area contributed by atoms with E-state index in [1.807, 2.05) is 43.3 Å². The first-order valence-corrected chi connectivity index (χ1v) is 9.40. The van der Waals surface area contributed by atoms with Crippen LogP contribution in [0.5, 0.6) is 11.5 Å². The van der Waals surface area contributed by atoms with E-state index in [0.29, 0.717) is 12.5 Å². The fourth-order valence-electron chi connectivity index (χ4n) is 2.38. The predicted octanol–water partition coefficient (Wildman–Crippen LogP) is 5.37. The van der Waals surface area contributed by atoms with Crippen molar-refractivity contribution in [3.05, 3.63) is 65.2 Å².